The highest BCUT2D eigenvalue weighted by Crippen LogP contribution is 2.36. The molecule has 0 spiro atoms. The molecule has 0 radical (unpaired) electrons. The molecule has 3 aromatic rings. The van der Waals surface area contributed by atoms with E-state index in [1.807, 2.05) is 0 Å². The number of amides is 2. The quantitative estimate of drug-likeness (QED) is 0.200. The fourth-order valence-corrected chi connectivity index (χ4v) is 4.80. The Morgan fingerprint density at radius 3 is 2.29 bits per heavy atom. The Morgan fingerprint density at radius 1 is 0.914 bits per heavy atom. The van der Waals surface area contributed by atoms with Crippen molar-refractivity contribution >= 4 is 97.1 Å². The number of hydrogen-bond acceptors (Lipinski definition) is 2. The Bertz CT molecular complexity index is 1280. The van der Waals surface area contributed by atoms with Crippen molar-refractivity contribution in [1.29, 1.82) is 0 Å². The molecule has 0 saturated carbocycles. The molecule has 0 aliphatic rings. The summed E-state index contributed by atoms with van der Waals surface area (Å²) in [7, 11) is 0. The zero-order chi connectivity index (χ0) is 25.9. The average Bonchev–Trinajstić information content (AvgIpc) is 2.74. The predicted octanol–water partition coefficient (Wildman–Crippen LogP) is 8.69. The lowest BCUT2D eigenvalue weighted by Crippen LogP contribution is -2.25. The highest BCUT2D eigenvalue weighted by molar-refractivity contribution is 9.10. The molecule has 0 heterocycles. The lowest BCUT2D eigenvalue weighted by molar-refractivity contribution is -0.116. The Morgan fingerprint density at radius 2 is 1.63 bits per heavy atom. The second kappa shape index (κ2) is 11.6. The fraction of sp³-hybridized carbons (Fsp3) is 0.130. The van der Waals surface area contributed by atoms with Gasteiger partial charge in [-0.1, -0.05) is 34.8 Å². The lowest BCUT2D eigenvalue weighted by Gasteiger charge is -2.20. The van der Waals surface area contributed by atoms with Crippen molar-refractivity contribution in [3.8, 4) is 0 Å². The molecule has 4 nitrogen and oxygen atoms in total. The second-order valence-electron chi connectivity index (χ2n) is 7.40. The standard InChI is InChI=1S/C23H14BrCl5F2N2O2/c24-15-5-11(6-17(26)21(15)27)9-23(28,29)10-20(34)32-13-2-3-16(25)14(8-13)22(35)33-19-4-1-12(30)7-18(19)31/h1-8H,9-10H2,(H,32,34)(H,33,35). The molecular weight excluding hydrogens is 631 g/mol. The van der Waals surface area contributed by atoms with E-state index in [4.69, 9.17) is 58.0 Å². The topological polar surface area (TPSA) is 58.2 Å². The number of benzene rings is 3. The maximum atomic E-state index is 13.9. The maximum Gasteiger partial charge on any atom is 0.257 e. The second-order valence-corrected chi connectivity index (χ2v) is 11.1. The van der Waals surface area contributed by atoms with Crippen LogP contribution >= 0.6 is 73.9 Å². The van der Waals surface area contributed by atoms with Crippen molar-refractivity contribution in [1.82, 2.24) is 0 Å². The van der Waals surface area contributed by atoms with Gasteiger partial charge >= 0.3 is 0 Å². The number of hydrogen-bond donors (Lipinski definition) is 2. The molecule has 12 heteroatoms. The summed E-state index contributed by atoms with van der Waals surface area (Å²) in [5.74, 6) is -3.03. The number of halogens is 8. The summed E-state index contributed by atoms with van der Waals surface area (Å²) in [6.07, 6.45) is -0.199. The van der Waals surface area contributed by atoms with Crippen molar-refractivity contribution in [3.05, 3.63) is 90.8 Å². The summed E-state index contributed by atoms with van der Waals surface area (Å²) in [6.45, 7) is 0. The molecule has 0 aliphatic carbocycles. The Labute approximate surface area is 233 Å². The molecule has 2 amide bonds. The Balaban J connectivity index is 1.69. The molecule has 0 atom stereocenters. The van der Waals surface area contributed by atoms with Crippen LogP contribution in [0.3, 0.4) is 0 Å². The van der Waals surface area contributed by atoms with Crippen molar-refractivity contribution in [2.75, 3.05) is 10.6 Å². The summed E-state index contributed by atoms with van der Waals surface area (Å²) in [5.41, 5.74) is 0.606. The highest BCUT2D eigenvalue weighted by atomic mass is 79.9. The van der Waals surface area contributed by atoms with E-state index in [0.717, 1.165) is 12.1 Å². The predicted molar refractivity (Wildman–Crippen MR) is 141 cm³/mol. The molecule has 0 aromatic heterocycles. The van der Waals surface area contributed by atoms with Gasteiger partial charge in [0.2, 0.25) is 5.91 Å². The minimum Gasteiger partial charge on any atom is -0.326 e. The molecule has 0 saturated heterocycles. The number of rotatable bonds is 7. The van der Waals surface area contributed by atoms with E-state index in [-0.39, 0.29) is 34.8 Å². The van der Waals surface area contributed by atoms with E-state index in [2.05, 4.69) is 26.6 Å². The Kier molecular flexibility index (Phi) is 9.29. The molecule has 0 unspecified atom stereocenters. The molecule has 3 rings (SSSR count). The zero-order valence-electron chi connectivity index (χ0n) is 17.4. The van der Waals surface area contributed by atoms with Crippen LogP contribution in [-0.4, -0.2) is 16.1 Å². The summed E-state index contributed by atoms with van der Waals surface area (Å²) < 4.78 is 26.0. The van der Waals surface area contributed by atoms with Gasteiger partial charge in [-0.05, 0) is 64.0 Å². The molecule has 184 valence electrons. The van der Waals surface area contributed by atoms with Crippen LogP contribution in [0, 0.1) is 11.6 Å². The van der Waals surface area contributed by atoms with Crippen LogP contribution in [0.2, 0.25) is 15.1 Å². The minimum absolute atomic E-state index is 0.0446. The van der Waals surface area contributed by atoms with E-state index in [1.165, 1.54) is 18.2 Å². The van der Waals surface area contributed by atoms with Gasteiger partial charge < -0.3 is 10.6 Å². The van der Waals surface area contributed by atoms with E-state index in [1.54, 1.807) is 12.1 Å². The number of anilines is 2. The van der Waals surface area contributed by atoms with Crippen molar-refractivity contribution < 1.29 is 18.4 Å². The van der Waals surface area contributed by atoms with Crippen LogP contribution in [0.25, 0.3) is 0 Å². The van der Waals surface area contributed by atoms with E-state index in [9.17, 15) is 18.4 Å². The van der Waals surface area contributed by atoms with Gasteiger partial charge in [-0.15, -0.1) is 23.2 Å². The first kappa shape index (κ1) is 28.0. The van der Waals surface area contributed by atoms with Gasteiger partial charge in [0.15, 0.2) is 0 Å². The summed E-state index contributed by atoms with van der Waals surface area (Å²) in [5, 5.41) is 5.60. The van der Waals surface area contributed by atoms with Gasteiger partial charge in [0.25, 0.3) is 5.91 Å². The van der Waals surface area contributed by atoms with Crippen LogP contribution in [0.15, 0.2) is 53.0 Å². The first-order valence-corrected chi connectivity index (χ1v) is 12.4. The van der Waals surface area contributed by atoms with Gasteiger partial charge in [0, 0.05) is 22.6 Å². The third-order valence-electron chi connectivity index (χ3n) is 4.60. The van der Waals surface area contributed by atoms with Crippen LogP contribution < -0.4 is 10.6 Å². The molecule has 0 fully saturated rings. The first-order valence-electron chi connectivity index (χ1n) is 9.72. The molecule has 3 aromatic carbocycles. The number of nitrogens with one attached hydrogen (secondary N) is 2. The van der Waals surface area contributed by atoms with Gasteiger partial charge in [0.1, 0.15) is 16.0 Å². The zero-order valence-corrected chi connectivity index (χ0v) is 22.7. The van der Waals surface area contributed by atoms with Crippen LogP contribution in [0.5, 0.6) is 0 Å². The van der Waals surface area contributed by atoms with Gasteiger partial charge in [-0.2, -0.15) is 0 Å². The van der Waals surface area contributed by atoms with Crippen LogP contribution in [0.4, 0.5) is 20.2 Å². The van der Waals surface area contributed by atoms with Crippen molar-refractivity contribution in [3.63, 3.8) is 0 Å². The van der Waals surface area contributed by atoms with E-state index < -0.39 is 27.8 Å². The number of carbonyl (C=O) groups excluding carboxylic acids is 2. The first-order chi connectivity index (χ1) is 16.3. The maximum absolute atomic E-state index is 13.9. The smallest absolute Gasteiger partial charge is 0.257 e. The third kappa shape index (κ3) is 7.68. The molecular formula is C23H14BrCl5F2N2O2. The number of carbonyl (C=O) groups is 2. The molecule has 0 aliphatic heterocycles. The normalized spacial score (nSPS) is 11.3. The Hall–Kier alpha value is -1.61. The average molecular weight is 646 g/mol. The fourth-order valence-electron chi connectivity index (χ4n) is 3.07. The van der Waals surface area contributed by atoms with Gasteiger partial charge in [-0.3, -0.25) is 9.59 Å². The summed E-state index contributed by atoms with van der Waals surface area (Å²) in [6, 6.07) is 10.2. The van der Waals surface area contributed by atoms with Gasteiger partial charge in [-0.25, -0.2) is 8.78 Å². The summed E-state index contributed by atoms with van der Waals surface area (Å²) >= 11 is 34.2. The van der Waals surface area contributed by atoms with Crippen molar-refractivity contribution in [2.24, 2.45) is 0 Å². The molecule has 35 heavy (non-hydrogen) atoms. The lowest BCUT2D eigenvalue weighted by atomic mass is 10.1. The van der Waals surface area contributed by atoms with Crippen molar-refractivity contribution in [2.45, 2.75) is 17.2 Å². The third-order valence-corrected chi connectivity index (χ3v) is 7.12. The molecule has 2 N–H and O–H groups in total. The number of alkyl halides is 2. The highest BCUT2D eigenvalue weighted by Gasteiger charge is 2.29. The molecule has 0 bridgehead atoms. The summed E-state index contributed by atoms with van der Waals surface area (Å²) in [4.78, 5) is 25.2. The van der Waals surface area contributed by atoms with Gasteiger partial charge in [0.05, 0.1) is 32.7 Å². The van der Waals surface area contributed by atoms with Crippen LogP contribution in [0.1, 0.15) is 22.3 Å². The monoisotopic (exact) mass is 642 g/mol. The van der Waals surface area contributed by atoms with E-state index in [0.29, 0.717) is 26.1 Å². The van der Waals surface area contributed by atoms with E-state index >= 15 is 0 Å². The van der Waals surface area contributed by atoms with Crippen LogP contribution in [-0.2, 0) is 11.2 Å². The largest absolute Gasteiger partial charge is 0.326 e. The minimum atomic E-state index is -1.48. The SMILES string of the molecule is O=C(CC(Cl)(Cl)Cc1cc(Cl)c(Cl)c(Br)c1)Nc1ccc(Cl)c(C(=O)Nc2ccc(F)cc2F)c1.